The maximum Gasteiger partial charge on any atom is 0.129 e. The van der Waals surface area contributed by atoms with Crippen LogP contribution in [0.2, 0.25) is 0 Å². The fraction of sp³-hybridized carbons (Fsp3) is 0.400. The number of anilines is 1. The van der Waals surface area contributed by atoms with Crippen molar-refractivity contribution in [3.63, 3.8) is 0 Å². The normalized spacial score (nSPS) is 15.2. The standard InChI is InChI=1S/C15H19N3/c1-18-15(16)14(10-17-18)13-8-7-11-5-3-2-4-6-12(11)9-13/h7-10H,2-6,16H2,1H3. The van der Waals surface area contributed by atoms with E-state index in [1.165, 1.54) is 48.8 Å². The van der Waals surface area contributed by atoms with Crippen LogP contribution in [-0.4, -0.2) is 9.78 Å². The number of hydrogen-bond acceptors (Lipinski definition) is 2. The van der Waals surface area contributed by atoms with Crippen molar-refractivity contribution in [1.29, 1.82) is 0 Å². The lowest BCUT2D eigenvalue weighted by atomic mass is 9.97. The molecule has 1 aromatic carbocycles. The van der Waals surface area contributed by atoms with Gasteiger partial charge in [-0.25, -0.2) is 0 Å². The average Bonchev–Trinajstić information content (AvgIpc) is 2.61. The van der Waals surface area contributed by atoms with Gasteiger partial charge in [0, 0.05) is 12.6 Å². The largest absolute Gasteiger partial charge is 0.383 e. The van der Waals surface area contributed by atoms with Gasteiger partial charge in [0.2, 0.25) is 0 Å². The highest BCUT2D eigenvalue weighted by molar-refractivity contribution is 5.74. The van der Waals surface area contributed by atoms with Crippen LogP contribution in [0.25, 0.3) is 11.1 Å². The summed E-state index contributed by atoms with van der Waals surface area (Å²) in [6.07, 6.45) is 8.24. The molecular formula is C15H19N3. The van der Waals surface area contributed by atoms with E-state index in [1.807, 2.05) is 13.2 Å². The van der Waals surface area contributed by atoms with Gasteiger partial charge in [0.1, 0.15) is 5.82 Å². The molecule has 0 unspecified atom stereocenters. The molecule has 1 aliphatic carbocycles. The number of benzene rings is 1. The van der Waals surface area contributed by atoms with Crippen molar-refractivity contribution in [3.05, 3.63) is 35.5 Å². The van der Waals surface area contributed by atoms with Crippen molar-refractivity contribution >= 4 is 5.82 Å². The van der Waals surface area contributed by atoms with Crippen LogP contribution in [0.1, 0.15) is 30.4 Å². The Morgan fingerprint density at radius 3 is 2.61 bits per heavy atom. The Hall–Kier alpha value is -1.77. The zero-order chi connectivity index (χ0) is 12.5. The van der Waals surface area contributed by atoms with E-state index >= 15 is 0 Å². The van der Waals surface area contributed by atoms with Gasteiger partial charge in [-0.15, -0.1) is 0 Å². The van der Waals surface area contributed by atoms with E-state index in [2.05, 4.69) is 23.3 Å². The Balaban J connectivity index is 2.04. The summed E-state index contributed by atoms with van der Waals surface area (Å²) in [4.78, 5) is 0. The van der Waals surface area contributed by atoms with Crippen molar-refractivity contribution < 1.29 is 0 Å². The molecule has 0 bridgehead atoms. The number of nitrogens with zero attached hydrogens (tertiary/aromatic N) is 2. The van der Waals surface area contributed by atoms with Crippen LogP contribution in [0.15, 0.2) is 24.4 Å². The quantitative estimate of drug-likeness (QED) is 0.780. The fourth-order valence-corrected chi connectivity index (χ4v) is 2.75. The molecule has 18 heavy (non-hydrogen) atoms. The molecule has 1 aliphatic rings. The Morgan fingerprint density at radius 1 is 1.11 bits per heavy atom. The molecule has 3 nitrogen and oxygen atoms in total. The third kappa shape index (κ3) is 1.90. The predicted octanol–water partition coefficient (Wildman–Crippen LogP) is 2.94. The maximum absolute atomic E-state index is 6.04. The Kier molecular flexibility index (Phi) is 2.82. The number of aromatic nitrogens is 2. The van der Waals surface area contributed by atoms with Crippen molar-refractivity contribution in [2.24, 2.45) is 7.05 Å². The molecule has 1 heterocycles. The van der Waals surface area contributed by atoms with Gasteiger partial charge in [0.25, 0.3) is 0 Å². The van der Waals surface area contributed by atoms with Crippen LogP contribution in [0, 0.1) is 0 Å². The van der Waals surface area contributed by atoms with E-state index in [1.54, 1.807) is 4.68 Å². The van der Waals surface area contributed by atoms with E-state index < -0.39 is 0 Å². The molecule has 0 saturated carbocycles. The van der Waals surface area contributed by atoms with Gasteiger partial charge in [-0.05, 0) is 42.4 Å². The van der Waals surface area contributed by atoms with Crippen molar-refractivity contribution in [2.75, 3.05) is 5.73 Å². The highest BCUT2D eigenvalue weighted by atomic mass is 15.3. The molecule has 3 rings (SSSR count). The first-order valence-corrected chi connectivity index (χ1v) is 6.65. The predicted molar refractivity (Wildman–Crippen MR) is 74.3 cm³/mol. The fourth-order valence-electron chi connectivity index (χ4n) is 2.75. The number of aryl methyl sites for hydroxylation is 3. The second-order valence-electron chi connectivity index (χ2n) is 5.11. The Bertz CT molecular complexity index is 569. The zero-order valence-electron chi connectivity index (χ0n) is 10.8. The minimum atomic E-state index is 0.739. The first-order chi connectivity index (χ1) is 8.75. The van der Waals surface area contributed by atoms with Gasteiger partial charge < -0.3 is 5.73 Å². The first-order valence-electron chi connectivity index (χ1n) is 6.65. The summed E-state index contributed by atoms with van der Waals surface area (Å²) in [6.45, 7) is 0. The molecule has 0 amide bonds. The molecule has 94 valence electrons. The van der Waals surface area contributed by atoms with Gasteiger partial charge in [-0.1, -0.05) is 24.6 Å². The first kappa shape index (κ1) is 11.3. The number of rotatable bonds is 1. The molecule has 0 atom stereocenters. The van der Waals surface area contributed by atoms with E-state index in [9.17, 15) is 0 Å². The van der Waals surface area contributed by atoms with Crippen LogP contribution in [0.4, 0.5) is 5.82 Å². The van der Waals surface area contributed by atoms with Crippen LogP contribution >= 0.6 is 0 Å². The monoisotopic (exact) mass is 241 g/mol. The maximum atomic E-state index is 6.04. The second-order valence-corrected chi connectivity index (χ2v) is 5.11. The molecule has 2 N–H and O–H groups in total. The average molecular weight is 241 g/mol. The molecule has 0 aliphatic heterocycles. The van der Waals surface area contributed by atoms with Gasteiger partial charge in [0.15, 0.2) is 0 Å². The summed E-state index contributed by atoms with van der Waals surface area (Å²) >= 11 is 0. The minimum Gasteiger partial charge on any atom is -0.383 e. The van der Waals surface area contributed by atoms with Crippen molar-refractivity contribution in [1.82, 2.24) is 9.78 Å². The summed E-state index contributed by atoms with van der Waals surface area (Å²) in [6, 6.07) is 6.74. The van der Waals surface area contributed by atoms with Crippen molar-refractivity contribution in [2.45, 2.75) is 32.1 Å². The molecule has 1 aromatic heterocycles. The Labute approximate surface area is 108 Å². The minimum absolute atomic E-state index is 0.739. The lowest BCUT2D eigenvalue weighted by molar-refractivity contribution is 0.711. The van der Waals surface area contributed by atoms with E-state index in [4.69, 9.17) is 5.73 Å². The van der Waals surface area contributed by atoms with E-state index in [0.717, 1.165) is 11.4 Å². The van der Waals surface area contributed by atoms with Gasteiger partial charge >= 0.3 is 0 Å². The third-order valence-electron chi connectivity index (χ3n) is 3.89. The highest BCUT2D eigenvalue weighted by Gasteiger charge is 2.12. The highest BCUT2D eigenvalue weighted by Crippen LogP contribution is 2.29. The summed E-state index contributed by atoms with van der Waals surface area (Å²) in [7, 11) is 1.88. The molecular weight excluding hydrogens is 222 g/mol. The molecule has 3 heteroatoms. The van der Waals surface area contributed by atoms with E-state index in [-0.39, 0.29) is 0 Å². The Morgan fingerprint density at radius 2 is 1.89 bits per heavy atom. The molecule has 0 fully saturated rings. The zero-order valence-corrected chi connectivity index (χ0v) is 10.8. The van der Waals surface area contributed by atoms with Gasteiger partial charge in [-0.3, -0.25) is 4.68 Å². The molecule has 0 saturated heterocycles. The number of nitrogen functional groups attached to an aromatic ring is 1. The molecule has 2 aromatic rings. The van der Waals surface area contributed by atoms with Gasteiger partial charge in [-0.2, -0.15) is 5.10 Å². The van der Waals surface area contributed by atoms with Crippen molar-refractivity contribution in [3.8, 4) is 11.1 Å². The van der Waals surface area contributed by atoms with Crippen LogP contribution < -0.4 is 5.73 Å². The second kappa shape index (κ2) is 4.48. The summed E-state index contributed by atoms with van der Waals surface area (Å²) in [5.74, 6) is 0.739. The number of fused-ring (bicyclic) bond motifs is 1. The molecule has 0 spiro atoms. The number of hydrogen-bond donors (Lipinski definition) is 1. The lowest BCUT2D eigenvalue weighted by Gasteiger charge is -2.08. The summed E-state index contributed by atoms with van der Waals surface area (Å²) < 4.78 is 1.72. The van der Waals surface area contributed by atoms with Crippen LogP contribution in [-0.2, 0) is 19.9 Å². The summed E-state index contributed by atoms with van der Waals surface area (Å²) in [5.41, 5.74) is 11.3. The topological polar surface area (TPSA) is 43.8 Å². The van der Waals surface area contributed by atoms with Crippen LogP contribution in [0.5, 0.6) is 0 Å². The van der Waals surface area contributed by atoms with Crippen LogP contribution in [0.3, 0.4) is 0 Å². The lowest BCUT2D eigenvalue weighted by Crippen LogP contribution is -1.98. The molecule has 0 radical (unpaired) electrons. The number of nitrogens with two attached hydrogens (primary N) is 1. The SMILES string of the molecule is Cn1ncc(-c2ccc3c(c2)CCCCC3)c1N. The van der Waals surface area contributed by atoms with Gasteiger partial charge in [0.05, 0.1) is 6.20 Å². The third-order valence-corrected chi connectivity index (χ3v) is 3.89. The summed E-state index contributed by atoms with van der Waals surface area (Å²) in [5, 5.41) is 4.21. The smallest absolute Gasteiger partial charge is 0.129 e. The van der Waals surface area contributed by atoms with E-state index in [0.29, 0.717) is 0 Å².